The Bertz CT molecular complexity index is 716. The molecule has 2 aliphatic rings. The van der Waals surface area contributed by atoms with Gasteiger partial charge in [-0.05, 0) is 45.2 Å². The maximum Gasteiger partial charge on any atom is 0.310 e. The van der Waals surface area contributed by atoms with Gasteiger partial charge in [0.25, 0.3) is 0 Å². The molecule has 0 spiro atoms. The average molecular weight is 545 g/mol. The van der Waals surface area contributed by atoms with Gasteiger partial charge in [-0.2, -0.15) is 0 Å². The van der Waals surface area contributed by atoms with Crippen molar-refractivity contribution in [1.29, 1.82) is 0 Å². The van der Waals surface area contributed by atoms with Crippen LogP contribution in [0.3, 0.4) is 0 Å². The van der Waals surface area contributed by atoms with Crippen molar-refractivity contribution < 1.29 is 14.3 Å². The molecule has 1 aromatic heterocycles. The maximum atomic E-state index is 12.2. The molecule has 1 aromatic rings. The molecule has 0 aliphatic carbocycles. The molecule has 3 rings (SSSR count). The number of carbonyl (C=O) groups is 1. The fourth-order valence-electron chi connectivity index (χ4n) is 3.94. The molecule has 2 atom stereocenters. The lowest BCUT2D eigenvalue weighted by molar-refractivity contribution is -0.149. The third kappa shape index (κ3) is 7.48. The van der Waals surface area contributed by atoms with E-state index in [-0.39, 0.29) is 42.0 Å². The Kier molecular flexibility index (Phi) is 10.8. The first-order chi connectivity index (χ1) is 14.6. The first-order valence-corrected chi connectivity index (χ1v) is 11.1. The summed E-state index contributed by atoms with van der Waals surface area (Å²) in [6.45, 7) is 11.8. The molecule has 0 radical (unpaired) electrons. The van der Waals surface area contributed by atoms with Crippen LogP contribution < -0.4 is 10.2 Å². The molecule has 0 bridgehead atoms. The largest absolute Gasteiger partial charge is 0.466 e. The van der Waals surface area contributed by atoms with E-state index in [9.17, 15) is 4.79 Å². The molecule has 2 saturated heterocycles. The zero-order chi connectivity index (χ0) is 21.3. The number of likely N-dealkylation sites (tertiary alicyclic amines) is 1. The Morgan fingerprint density at radius 2 is 2.16 bits per heavy atom. The molecule has 1 N–H and O–H groups in total. The van der Waals surface area contributed by atoms with Crippen LogP contribution in [-0.4, -0.2) is 73.9 Å². The SMILES string of the molecule is CCNC(=NCc1ccc(N2CCOC(C)C2)nc1)N1CCCC(C(=O)OCC)C1.I. The van der Waals surface area contributed by atoms with Crippen molar-refractivity contribution in [2.75, 3.05) is 50.8 Å². The molecule has 2 unspecified atom stereocenters. The van der Waals surface area contributed by atoms with Crippen molar-refractivity contribution in [2.24, 2.45) is 10.9 Å². The molecule has 3 heterocycles. The maximum absolute atomic E-state index is 12.2. The predicted molar refractivity (Wildman–Crippen MR) is 133 cm³/mol. The van der Waals surface area contributed by atoms with Crippen molar-refractivity contribution in [3.63, 3.8) is 0 Å². The predicted octanol–water partition coefficient (Wildman–Crippen LogP) is 2.67. The number of halogens is 1. The van der Waals surface area contributed by atoms with Crippen LogP contribution in [-0.2, 0) is 20.8 Å². The number of hydrogen-bond acceptors (Lipinski definition) is 6. The molecule has 0 aromatic carbocycles. The Morgan fingerprint density at radius 3 is 2.84 bits per heavy atom. The molecule has 2 fully saturated rings. The zero-order valence-electron chi connectivity index (χ0n) is 18.9. The van der Waals surface area contributed by atoms with Crippen molar-refractivity contribution in [2.45, 2.75) is 46.3 Å². The van der Waals surface area contributed by atoms with Gasteiger partial charge in [0.15, 0.2) is 5.96 Å². The van der Waals surface area contributed by atoms with Gasteiger partial charge >= 0.3 is 5.97 Å². The summed E-state index contributed by atoms with van der Waals surface area (Å²) in [6, 6.07) is 4.15. The zero-order valence-corrected chi connectivity index (χ0v) is 21.2. The highest BCUT2D eigenvalue weighted by molar-refractivity contribution is 14.0. The second-order valence-corrected chi connectivity index (χ2v) is 7.86. The van der Waals surface area contributed by atoms with Crippen LogP contribution in [0.15, 0.2) is 23.3 Å². The van der Waals surface area contributed by atoms with Crippen LogP contribution >= 0.6 is 24.0 Å². The molecule has 9 heteroatoms. The first-order valence-electron chi connectivity index (χ1n) is 11.1. The van der Waals surface area contributed by atoms with E-state index < -0.39 is 0 Å². The van der Waals surface area contributed by atoms with Gasteiger partial charge in [-0.1, -0.05) is 6.07 Å². The van der Waals surface area contributed by atoms with Gasteiger partial charge < -0.3 is 24.6 Å². The normalized spacial score (nSPS) is 22.0. The highest BCUT2D eigenvalue weighted by Gasteiger charge is 2.28. The Balaban J connectivity index is 0.00000341. The number of nitrogens with zero attached hydrogens (tertiary/aromatic N) is 4. The van der Waals surface area contributed by atoms with Gasteiger partial charge in [0, 0.05) is 38.9 Å². The van der Waals surface area contributed by atoms with E-state index >= 15 is 0 Å². The molecule has 31 heavy (non-hydrogen) atoms. The summed E-state index contributed by atoms with van der Waals surface area (Å²) in [6.07, 6.45) is 3.97. The summed E-state index contributed by atoms with van der Waals surface area (Å²) in [5.41, 5.74) is 1.06. The number of guanidine groups is 1. The highest BCUT2D eigenvalue weighted by Crippen LogP contribution is 2.19. The van der Waals surface area contributed by atoms with Crippen LogP contribution in [0.4, 0.5) is 5.82 Å². The van der Waals surface area contributed by atoms with Crippen molar-refractivity contribution in [3.05, 3.63) is 23.9 Å². The third-order valence-electron chi connectivity index (χ3n) is 5.46. The summed E-state index contributed by atoms with van der Waals surface area (Å²) in [4.78, 5) is 26.0. The minimum atomic E-state index is -0.102. The molecule has 8 nitrogen and oxygen atoms in total. The number of aliphatic imine (C=N–C) groups is 1. The number of carbonyl (C=O) groups excluding carboxylic acids is 1. The highest BCUT2D eigenvalue weighted by atomic mass is 127. The summed E-state index contributed by atoms with van der Waals surface area (Å²) in [7, 11) is 0. The molecule has 174 valence electrons. The summed E-state index contributed by atoms with van der Waals surface area (Å²) >= 11 is 0. The molecular formula is C22H36IN5O3. The standard InChI is InChI=1S/C22H35N5O3.HI/c1-4-23-22(27-10-6-7-19(16-27)21(28)29-5-2)25-14-18-8-9-20(24-13-18)26-11-12-30-17(3)15-26;/h8-9,13,17,19H,4-7,10-12,14-16H2,1-3H3,(H,23,25);1H. The van der Waals surface area contributed by atoms with Crippen LogP contribution in [0, 0.1) is 5.92 Å². The van der Waals surface area contributed by atoms with E-state index in [0.29, 0.717) is 19.7 Å². The third-order valence-corrected chi connectivity index (χ3v) is 5.46. The second-order valence-electron chi connectivity index (χ2n) is 7.86. The lowest BCUT2D eigenvalue weighted by Gasteiger charge is -2.34. The minimum absolute atomic E-state index is 0. The van der Waals surface area contributed by atoms with E-state index in [1.54, 1.807) is 0 Å². The quantitative estimate of drug-likeness (QED) is 0.255. The lowest BCUT2D eigenvalue weighted by Crippen LogP contribution is -2.48. The summed E-state index contributed by atoms with van der Waals surface area (Å²) in [5, 5.41) is 3.36. The number of esters is 1. The number of nitrogens with one attached hydrogen (secondary N) is 1. The minimum Gasteiger partial charge on any atom is -0.466 e. The topological polar surface area (TPSA) is 79.3 Å². The van der Waals surface area contributed by atoms with Gasteiger partial charge in [-0.25, -0.2) is 9.98 Å². The average Bonchev–Trinajstić information content (AvgIpc) is 2.77. The van der Waals surface area contributed by atoms with Gasteiger partial charge in [-0.15, -0.1) is 24.0 Å². The fourth-order valence-corrected chi connectivity index (χ4v) is 3.94. The number of anilines is 1. The monoisotopic (exact) mass is 545 g/mol. The van der Waals surface area contributed by atoms with Crippen molar-refractivity contribution in [1.82, 2.24) is 15.2 Å². The molecule has 0 amide bonds. The van der Waals surface area contributed by atoms with Crippen molar-refractivity contribution in [3.8, 4) is 0 Å². The first kappa shape index (κ1) is 25.6. The Hall–Kier alpha value is -1.62. The Labute approximate surface area is 202 Å². The number of piperidine rings is 1. The molecule has 2 aliphatic heterocycles. The van der Waals surface area contributed by atoms with Gasteiger partial charge in [-0.3, -0.25) is 4.79 Å². The van der Waals surface area contributed by atoms with Gasteiger partial charge in [0.2, 0.25) is 0 Å². The number of hydrogen-bond donors (Lipinski definition) is 1. The van der Waals surface area contributed by atoms with E-state index in [4.69, 9.17) is 14.5 Å². The molecular weight excluding hydrogens is 509 g/mol. The van der Waals surface area contributed by atoms with Gasteiger partial charge in [0.1, 0.15) is 5.82 Å². The van der Waals surface area contributed by atoms with E-state index in [1.807, 2.05) is 13.1 Å². The van der Waals surface area contributed by atoms with Crippen molar-refractivity contribution >= 4 is 41.7 Å². The van der Waals surface area contributed by atoms with Crippen LogP contribution in [0.5, 0.6) is 0 Å². The number of aromatic nitrogens is 1. The van der Waals surface area contributed by atoms with Crippen LogP contribution in [0.2, 0.25) is 0 Å². The van der Waals surface area contributed by atoms with Gasteiger partial charge in [0.05, 0.1) is 31.8 Å². The summed E-state index contributed by atoms with van der Waals surface area (Å²) in [5.74, 6) is 1.64. The smallest absolute Gasteiger partial charge is 0.310 e. The second kappa shape index (κ2) is 13.0. The van der Waals surface area contributed by atoms with E-state index in [0.717, 1.165) is 63.0 Å². The van der Waals surface area contributed by atoms with E-state index in [2.05, 4.69) is 46.1 Å². The van der Waals surface area contributed by atoms with Crippen LogP contribution in [0.25, 0.3) is 0 Å². The van der Waals surface area contributed by atoms with E-state index in [1.165, 1.54) is 0 Å². The number of ether oxygens (including phenoxy) is 2. The lowest BCUT2D eigenvalue weighted by atomic mass is 9.98. The number of pyridine rings is 1. The summed E-state index contributed by atoms with van der Waals surface area (Å²) < 4.78 is 10.8. The number of morpholine rings is 1. The Morgan fingerprint density at radius 1 is 1.32 bits per heavy atom. The number of rotatable bonds is 6. The fraction of sp³-hybridized carbons (Fsp3) is 0.682. The van der Waals surface area contributed by atoms with Crippen LogP contribution in [0.1, 0.15) is 39.2 Å². The molecule has 0 saturated carbocycles.